The van der Waals surface area contributed by atoms with Gasteiger partial charge in [-0.2, -0.15) is 0 Å². The zero-order valence-corrected chi connectivity index (χ0v) is 11.8. The van der Waals surface area contributed by atoms with Crippen molar-refractivity contribution in [1.29, 1.82) is 0 Å². The zero-order chi connectivity index (χ0) is 13.4. The van der Waals surface area contributed by atoms with Crippen LogP contribution in [0.15, 0.2) is 23.2 Å². The maximum atomic E-state index is 6.06. The van der Waals surface area contributed by atoms with Crippen molar-refractivity contribution in [3.05, 3.63) is 28.8 Å². The maximum Gasteiger partial charge on any atom is 0.191 e. The van der Waals surface area contributed by atoms with E-state index in [1.54, 1.807) is 7.11 Å². The van der Waals surface area contributed by atoms with E-state index in [4.69, 9.17) is 16.3 Å². The van der Waals surface area contributed by atoms with Gasteiger partial charge in [-0.3, -0.25) is 0 Å². The molecule has 0 bridgehead atoms. The van der Waals surface area contributed by atoms with Crippen molar-refractivity contribution in [3.63, 3.8) is 0 Å². The van der Waals surface area contributed by atoms with Crippen molar-refractivity contribution >= 4 is 17.6 Å². The molecule has 4 nitrogen and oxygen atoms in total. The van der Waals surface area contributed by atoms with E-state index in [0.29, 0.717) is 17.3 Å². The third-order valence-corrected chi connectivity index (χ3v) is 2.62. The summed E-state index contributed by atoms with van der Waals surface area (Å²) in [5, 5.41) is 6.95. The number of benzene rings is 1. The van der Waals surface area contributed by atoms with Crippen molar-refractivity contribution in [3.8, 4) is 5.75 Å². The molecule has 1 rings (SSSR count). The summed E-state index contributed by atoms with van der Waals surface area (Å²) >= 11 is 6.06. The second kappa shape index (κ2) is 7.82. The van der Waals surface area contributed by atoms with Gasteiger partial charge in [0.1, 0.15) is 5.75 Å². The van der Waals surface area contributed by atoms with Gasteiger partial charge in [0, 0.05) is 13.1 Å². The first kappa shape index (κ1) is 14.6. The van der Waals surface area contributed by atoms with Crippen molar-refractivity contribution < 1.29 is 4.74 Å². The fourth-order valence-corrected chi connectivity index (χ4v) is 1.77. The van der Waals surface area contributed by atoms with Crippen LogP contribution < -0.4 is 15.4 Å². The average molecular weight is 270 g/mol. The molecule has 0 saturated carbocycles. The largest absolute Gasteiger partial charge is 0.495 e. The van der Waals surface area contributed by atoms with Crippen molar-refractivity contribution in [2.45, 2.75) is 20.4 Å². The fraction of sp³-hybridized carbons (Fsp3) is 0.462. The molecule has 0 radical (unpaired) electrons. The Bertz CT molecular complexity index is 399. The Morgan fingerprint density at radius 1 is 1.28 bits per heavy atom. The van der Waals surface area contributed by atoms with Gasteiger partial charge in [0.05, 0.1) is 18.7 Å². The lowest BCUT2D eigenvalue weighted by Crippen LogP contribution is -2.36. The van der Waals surface area contributed by atoms with Gasteiger partial charge < -0.3 is 15.4 Å². The normalized spacial score (nSPS) is 9.78. The average Bonchev–Trinajstić information content (AvgIpc) is 2.36. The fourth-order valence-electron chi connectivity index (χ4n) is 1.49. The molecule has 18 heavy (non-hydrogen) atoms. The number of guanidine groups is 1. The molecule has 0 aromatic heterocycles. The summed E-state index contributed by atoms with van der Waals surface area (Å²) in [6.45, 7) is 6.34. The standard InChI is InChI=1S/C13H20ClN3O/c1-4-15-13(16-5-2)17-9-10-6-7-12(18-3)11(14)8-10/h6-8H,4-5,9H2,1-3H3,(H2,15,16,17). The van der Waals surface area contributed by atoms with E-state index in [0.717, 1.165) is 24.6 Å². The SMILES string of the molecule is CCNC(=NCc1ccc(OC)c(Cl)c1)NCC. The summed E-state index contributed by atoms with van der Waals surface area (Å²) in [6, 6.07) is 5.69. The molecule has 0 amide bonds. The monoisotopic (exact) mass is 269 g/mol. The van der Waals surface area contributed by atoms with Crippen LogP contribution in [0.5, 0.6) is 5.75 Å². The zero-order valence-electron chi connectivity index (χ0n) is 11.1. The lowest BCUT2D eigenvalue weighted by molar-refractivity contribution is 0.415. The van der Waals surface area contributed by atoms with E-state index in [9.17, 15) is 0 Å². The Labute approximate surface area is 113 Å². The molecule has 0 heterocycles. The van der Waals surface area contributed by atoms with Crippen LogP contribution in [-0.4, -0.2) is 26.2 Å². The molecular formula is C13H20ClN3O. The second-order valence-electron chi connectivity index (χ2n) is 3.69. The number of ether oxygens (including phenoxy) is 1. The van der Waals surface area contributed by atoms with Gasteiger partial charge in [-0.25, -0.2) is 4.99 Å². The van der Waals surface area contributed by atoms with Gasteiger partial charge in [0.25, 0.3) is 0 Å². The predicted octanol–water partition coefficient (Wildman–Crippen LogP) is 2.42. The summed E-state index contributed by atoms with van der Waals surface area (Å²) in [4.78, 5) is 4.47. The van der Waals surface area contributed by atoms with E-state index in [-0.39, 0.29) is 0 Å². The van der Waals surface area contributed by atoms with Gasteiger partial charge in [0.2, 0.25) is 0 Å². The van der Waals surface area contributed by atoms with Gasteiger partial charge in [-0.15, -0.1) is 0 Å². The number of nitrogens with one attached hydrogen (secondary N) is 2. The first-order valence-electron chi connectivity index (χ1n) is 6.05. The summed E-state index contributed by atoms with van der Waals surface area (Å²) in [7, 11) is 1.60. The second-order valence-corrected chi connectivity index (χ2v) is 4.10. The van der Waals surface area contributed by atoms with Crippen LogP contribution in [-0.2, 0) is 6.54 Å². The molecule has 5 heteroatoms. The quantitative estimate of drug-likeness (QED) is 0.637. The lowest BCUT2D eigenvalue weighted by atomic mass is 10.2. The topological polar surface area (TPSA) is 45.7 Å². The molecule has 0 atom stereocenters. The van der Waals surface area contributed by atoms with E-state index in [1.807, 2.05) is 32.0 Å². The van der Waals surface area contributed by atoms with Gasteiger partial charge >= 0.3 is 0 Å². The predicted molar refractivity (Wildman–Crippen MR) is 76.5 cm³/mol. The number of halogens is 1. The van der Waals surface area contributed by atoms with Crippen LogP contribution in [0.25, 0.3) is 0 Å². The van der Waals surface area contributed by atoms with E-state index in [2.05, 4.69) is 15.6 Å². The summed E-state index contributed by atoms with van der Waals surface area (Å²) in [6.07, 6.45) is 0. The number of methoxy groups -OCH3 is 1. The van der Waals surface area contributed by atoms with Crippen LogP contribution in [0.4, 0.5) is 0 Å². The summed E-state index contributed by atoms with van der Waals surface area (Å²) in [5.74, 6) is 1.50. The Morgan fingerprint density at radius 2 is 1.94 bits per heavy atom. The smallest absolute Gasteiger partial charge is 0.191 e. The van der Waals surface area contributed by atoms with Gasteiger partial charge in [-0.05, 0) is 31.5 Å². The maximum absolute atomic E-state index is 6.06. The third kappa shape index (κ3) is 4.45. The molecule has 0 spiro atoms. The number of rotatable bonds is 5. The van der Waals surface area contributed by atoms with E-state index >= 15 is 0 Å². The number of nitrogens with zero attached hydrogens (tertiary/aromatic N) is 1. The first-order valence-corrected chi connectivity index (χ1v) is 6.43. The first-order chi connectivity index (χ1) is 8.71. The molecule has 0 aliphatic rings. The molecular weight excluding hydrogens is 250 g/mol. The van der Waals surface area contributed by atoms with E-state index < -0.39 is 0 Å². The highest BCUT2D eigenvalue weighted by Crippen LogP contribution is 2.25. The van der Waals surface area contributed by atoms with Crippen LogP contribution in [0.1, 0.15) is 19.4 Å². The Balaban J connectivity index is 2.71. The molecule has 0 aliphatic carbocycles. The molecule has 0 unspecified atom stereocenters. The molecule has 0 fully saturated rings. The van der Waals surface area contributed by atoms with Crippen LogP contribution in [0.2, 0.25) is 5.02 Å². The Hall–Kier alpha value is -1.42. The number of hydrogen-bond donors (Lipinski definition) is 2. The highest BCUT2D eigenvalue weighted by molar-refractivity contribution is 6.32. The van der Waals surface area contributed by atoms with Crippen molar-refractivity contribution in [2.24, 2.45) is 4.99 Å². The minimum atomic E-state index is 0.582. The molecule has 2 N–H and O–H groups in total. The highest BCUT2D eigenvalue weighted by Gasteiger charge is 2.01. The van der Waals surface area contributed by atoms with Crippen molar-refractivity contribution in [1.82, 2.24) is 10.6 Å². The molecule has 100 valence electrons. The highest BCUT2D eigenvalue weighted by atomic mass is 35.5. The lowest BCUT2D eigenvalue weighted by Gasteiger charge is -2.09. The summed E-state index contributed by atoms with van der Waals surface area (Å²) in [5.41, 5.74) is 1.05. The van der Waals surface area contributed by atoms with Crippen LogP contribution in [0.3, 0.4) is 0 Å². The number of aliphatic imine (C=N–C) groups is 1. The van der Waals surface area contributed by atoms with Crippen LogP contribution >= 0.6 is 11.6 Å². The minimum Gasteiger partial charge on any atom is -0.495 e. The Morgan fingerprint density at radius 3 is 2.44 bits per heavy atom. The summed E-state index contributed by atoms with van der Waals surface area (Å²) < 4.78 is 5.11. The minimum absolute atomic E-state index is 0.582. The van der Waals surface area contributed by atoms with Gasteiger partial charge in [-0.1, -0.05) is 17.7 Å². The molecule has 1 aromatic rings. The van der Waals surface area contributed by atoms with E-state index in [1.165, 1.54) is 0 Å². The van der Waals surface area contributed by atoms with Crippen molar-refractivity contribution in [2.75, 3.05) is 20.2 Å². The Kier molecular flexibility index (Phi) is 6.36. The third-order valence-electron chi connectivity index (χ3n) is 2.32. The number of hydrogen-bond acceptors (Lipinski definition) is 2. The molecule has 0 aliphatic heterocycles. The molecule has 0 saturated heterocycles. The van der Waals surface area contributed by atoms with Crippen LogP contribution in [0, 0.1) is 0 Å². The van der Waals surface area contributed by atoms with Gasteiger partial charge in [0.15, 0.2) is 5.96 Å². The molecule has 1 aromatic carbocycles.